The van der Waals surface area contributed by atoms with Crippen molar-refractivity contribution in [3.63, 3.8) is 0 Å². The number of hydrogen-bond acceptors (Lipinski definition) is 6. The van der Waals surface area contributed by atoms with Gasteiger partial charge in [-0.2, -0.15) is 0 Å². The third kappa shape index (κ3) is 3.72. The molecule has 24 heavy (non-hydrogen) atoms. The second kappa shape index (κ2) is 7.14. The Morgan fingerprint density at radius 1 is 1.25 bits per heavy atom. The van der Waals surface area contributed by atoms with Gasteiger partial charge in [0.25, 0.3) is 5.91 Å². The fourth-order valence-electron chi connectivity index (χ4n) is 2.44. The van der Waals surface area contributed by atoms with E-state index in [-0.39, 0.29) is 23.7 Å². The molecule has 8 nitrogen and oxygen atoms in total. The van der Waals surface area contributed by atoms with Crippen molar-refractivity contribution in [2.75, 3.05) is 13.2 Å². The van der Waals surface area contributed by atoms with Gasteiger partial charge in [0, 0.05) is 18.2 Å². The number of hydrogen-bond donors (Lipinski definition) is 2. The van der Waals surface area contributed by atoms with E-state index in [0.717, 1.165) is 0 Å². The summed E-state index contributed by atoms with van der Waals surface area (Å²) < 4.78 is 16.0. The van der Waals surface area contributed by atoms with Crippen molar-refractivity contribution in [3.05, 3.63) is 47.9 Å². The standard InChI is InChI=1S/C16H17N3O5/c17-15(20)10-1-3-11(4-2-10)24-14-9-22-7-5-12(14)18-16(21)13-6-8-23-19-13/h1-4,6,8,12,14H,5,7,9H2,(H2,17,20)(H,18,21). The van der Waals surface area contributed by atoms with Gasteiger partial charge in [0.1, 0.15) is 18.1 Å². The first-order chi connectivity index (χ1) is 11.6. The lowest BCUT2D eigenvalue weighted by molar-refractivity contribution is -0.0135. The lowest BCUT2D eigenvalue weighted by atomic mass is 10.1. The Morgan fingerprint density at radius 2 is 2.04 bits per heavy atom. The molecule has 0 aliphatic carbocycles. The summed E-state index contributed by atoms with van der Waals surface area (Å²) in [7, 11) is 0. The molecule has 1 aliphatic rings. The average Bonchev–Trinajstić information content (AvgIpc) is 3.12. The summed E-state index contributed by atoms with van der Waals surface area (Å²) in [5.41, 5.74) is 5.83. The summed E-state index contributed by atoms with van der Waals surface area (Å²) in [4.78, 5) is 23.2. The first-order valence-electron chi connectivity index (χ1n) is 7.49. The molecule has 0 saturated carbocycles. The molecular formula is C16H17N3O5. The summed E-state index contributed by atoms with van der Waals surface area (Å²) in [6.07, 6.45) is 1.61. The summed E-state index contributed by atoms with van der Waals surface area (Å²) in [5, 5.41) is 6.49. The highest BCUT2D eigenvalue weighted by Gasteiger charge is 2.29. The zero-order chi connectivity index (χ0) is 16.9. The number of nitrogens with two attached hydrogens (primary N) is 1. The van der Waals surface area contributed by atoms with Gasteiger partial charge in [0.05, 0.1) is 12.6 Å². The Morgan fingerprint density at radius 3 is 2.71 bits per heavy atom. The molecule has 3 rings (SSSR count). The van der Waals surface area contributed by atoms with Crippen molar-refractivity contribution in [3.8, 4) is 5.75 Å². The second-order valence-corrected chi connectivity index (χ2v) is 5.37. The highest BCUT2D eigenvalue weighted by molar-refractivity contribution is 5.93. The van der Waals surface area contributed by atoms with Gasteiger partial charge in [-0.15, -0.1) is 0 Å². The van der Waals surface area contributed by atoms with Crippen LogP contribution in [0.2, 0.25) is 0 Å². The Hall–Kier alpha value is -2.87. The lowest BCUT2D eigenvalue weighted by Crippen LogP contribution is -2.51. The van der Waals surface area contributed by atoms with Gasteiger partial charge >= 0.3 is 0 Å². The summed E-state index contributed by atoms with van der Waals surface area (Å²) in [6, 6.07) is 7.76. The van der Waals surface area contributed by atoms with E-state index < -0.39 is 5.91 Å². The van der Waals surface area contributed by atoms with E-state index in [1.54, 1.807) is 24.3 Å². The van der Waals surface area contributed by atoms with Crippen LogP contribution in [0.1, 0.15) is 27.3 Å². The molecule has 1 aromatic heterocycles. The number of nitrogens with zero attached hydrogens (tertiary/aromatic N) is 1. The van der Waals surface area contributed by atoms with Crippen molar-refractivity contribution < 1.29 is 23.6 Å². The minimum Gasteiger partial charge on any atom is -0.486 e. The predicted molar refractivity (Wildman–Crippen MR) is 82.6 cm³/mol. The van der Waals surface area contributed by atoms with Crippen LogP contribution < -0.4 is 15.8 Å². The minimum atomic E-state index is -0.500. The highest BCUT2D eigenvalue weighted by atomic mass is 16.5. The number of carbonyl (C=O) groups excluding carboxylic acids is 2. The molecule has 2 heterocycles. The van der Waals surface area contributed by atoms with Crippen molar-refractivity contribution in [1.29, 1.82) is 0 Å². The zero-order valence-corrected chi connectivity index (χ0v) is 12.8. The van der Waals surface area contributed by atoms with Gasteiger partial charge in [0.15, 0.2) is 5.69 Å². The van der Waals surface area contributed by atoms with Gasteiger partial charge in [-0.1, -0.05) is 5.16 Å². The maximum Gasteiger partial charge on any atom is 0.273 e. The van der Waals surface area contributed by atoms with Crippen molar-refractivity contribution in [1.82, 2.24) is 10.5 Å². The number of nitrogens with one attached hydrogen (secondary N) is 1. The molecular weight excluding hydrogens is 314 g/mol. The van der Waals surface area contributed by atoms with Gasteiger partial charge in [-0.3, -0.25) is 9.59 Å². The third-order valence-corrected chi connectivity index (χ3v) is 3.72. The second-order valence-electron chi connectivity index (χ2n) is 5.37. The van der Waals surface area contributed by atoms with Crippen LogP contribution in [0.4, 0.5) is 0 Å². The molecule has 2 atom stereocenters. The first-order valence-corrected chi connectivity index (χ1v) is 7.49. The molecule has 2 amide bonds. The molecule has 126 valence electrons. The Bertz CT molecular complexity index is 699. The number of primary amides is 1. The summed E-state index contributed by atoms with van der Waals surface area (Å²) in [5.74, 6) is -0.259. The molecule has 2 aromatic rings. The van der Waals surface area contributed by atoms with Gasteiger partial charge in [-0.25, -0.2) is 0 Å². The summed E-state index contributed by atoms with van der Waals surface area (Å²) >= 11 is 0. The van der Waals surface area contributed by atoms with E-state index in [0.29, 0.717) is 30.9 Å². The third-order valence-electron chi connectivity index (χ3n) is 3.72. The van der Waals surface area contributed by atoms with E-state index in [1.807, 2.05) is 0 Å². The molecule has 0 bridgehead atoms. The summed E-state index contributed by atoms with van der Waals surface area (Å²) in [6.45, 7) is 0.881. The molecule has 1 fully saturated rings. The quantitative estimate of drug-likeness (QED) is 0.834. The van der Waals surface area contributed by atoms with Gasteiger partial charge < -0.3 is 25.0 Å². The number of aromatic nitrogens is 1. The molecule has 1 aliphatic heterocycles. The Labute approximate surface area is 137 Å². The number of benzene rings is 1. The molecule has 2 unspecified atom stereocenters. The number of amides is 2. The van der Waals surface area contributed by atoms with Crippen LogP contribution in [0.5, 0.6) is 5.75 Å². The fraction of sp³-hybridized carbons (Fsp3) is 0.312. The average molecular weight is 331 g/mol. The maximum atomic E-state index is 12.1. The molecule has 1 aromatic carbocycles. The maximum absolute atomic E-state index is 12.1. The van der Waals surface area contributed by atoms with Crippen LogP contribution >= 0.6 is 0 Å². The van der Waals surface area contributed by atoms with Crippen LogP contribution in [0.15, 0.2) is 41.1 Å². The first kappa shape index (κ1) is 16.0. The van der Waals surface area contributed by atoms with Crippen LogP contribution in [0.25, 0.3) is 0 Å². The molecule has 1 saturated heterocycles. The van der Waals surface area contributed by atoms with E-state index in [9.17, 15) is 9.59 Å². The molecule has 3 N–H and O–H groups in total. The van der Waals surface area contributed by atoms with Gasteiger partial charge in [0.2, 0.25) is 5.91 Å². The van der Waals surface area contributed by atoms with Crippen LogP contribution in [0, 0.1) is 0 Å². The largest absolute Gasteiger partial charge is 0.486 e. The normalized spacial score (nSPS) is 20.3. The van der Waals surface area contributed by atoms with Crippen LogP contribution in [-0.2, 0) is 4.74 Å². The van der Waals surface area contributed by atoms with Crippen LogP contribution in [-0.4, -0.2) is 42.3 Å². The van der Waals surface area contributed by atoms with E-state index in [1.165, 1.54) is 12.3 Å². The SMILES string of the molecule is NC(=O)c1ccc(OC2COCCC2NC(=O)c2ccon2)cc1. The number of ether oxygens (including phenoxy) is 2. The minimum absolute atomic E-state index is 0.214. The van der Waals surface area contributed by atoms with Crippen LogP contribution in [0.3, 0.4) is 0 Å². The van der Waals surface area contributed by atoms with E-state index >= 15 is 0 Å². The molecule has 0 spiro atoms. The van der Waals surface area contributed by atoms with Crippen molar-refractivity contribution >= 4 is 11.8 Å². The van der Waals surface area contributed by atoms with Crippen molar-refractivity contribution in [2.45, 2.75) is 18.6 Å². The topological polar surface area (TPSA) is 117 Å². The molecule has 8 heteroatoms. The smallest absolute Gasteiger partial charge is 0.273 e. The number of rotatable bonds is 5. The fourth-order valence-corrected chi connectivity index (χ4v) is 2.44. The Kier molecular flexibility index (Phi) is 4.76. The number of carbonyl (C=O) groups is 2. The van der Waals surface area contributed by atoms with Gasteiger partial charge in [-0.05, 0) is 30.7 Å². The van der Waals surface area contributed by atoms with E-state index in [4.69, 9.17) is 15.2 Å². The Balaban J connectivity index is 1.65. The monoisotopic (exact) mass is 331 g/mol. The van der Waals surface area contributed by atoms with Crippen molar-refractivity contribution in [2.24, 2.45) is 5.73 Å². The molecule has 0 radical (unpaired) electrons. The predicted octanol–water partition coefficient (Wildman–Crippen LogP) is 0.740. The lowest BCUT2D eigenvalue weighted by Gasteiger charge is -2.32. The van der Waals surface area contributed by atoms with E-state index in [2.05, 4.69) is 15.0 Å². The highest BCUT2D eigenvalue weighted by Crippen LogP contribution is 2.19. The zero-order valence-electron chi connectivity index (χ0n) is 12.8.